The van der Waals surface area contributed by atoms with Crippen LogP contribution in [0.15, 0.2) is 228 Å². The second kappa shape index (κ2) is 14.7. The predicted octanol–water partition coefficient (Wildman–Crippen LogP) is 13.3. The number of nitrogens with zero attached hydrogens (tertiary/aromatic N) is 4. The lowest BCUT2D eigenvalue weighted by atomic mass is 9.95. The van der Waals surface area contributed by atoms with Crippen LogP contribution in [0.3, 0.4) is 0 Å². The minimum Gasteiger partial charge on any atom is -0.311 e. The fraction of sp³-hybridized carbons (Fsp3) is 0. The van der Waals surface area contributed by atoms with Gasteiger partial charge in [0.15, 0.2) is 0 Å². The summed E-state index contributed by atoms with van der Waals surface area (Å²) in [5.74, 6) is 0. The number of aliphatic imine (C=N–C) groups is 2. The minimum atomic E-state index is 0.874. The Morgan fingerprint density at radius 1 is 0.241 bits per heavy atom. The molecule has 0 fully saturated rings. The van der Waals surface area contributed by atoms with Crippen molar-refractivity contribution in [3.8, 4) is 0 Å². The molecule has 9 rings (SSSR count). The van der Waals surface area contributed by atoms with Crippen molar-refractivity contribution in [2.75, 3.05) is 9.80 Å². The third-order valence-corrected chi connectivity index (χ3v) is 9.64. The van der Waals surface area contributed by atoms with Crippen molar-refractivity contribution in [2.45, 2.75) is 0 Å². The van der Waals surface area contributed by atoms with Crippen molar-refractivity contribution in [1.29, 1.82) is 0 Å². The summed E-state index contributed by atoms with van der Waals surface area (Å²) in [6, 6.07) is 75.9. The van der Waals surface area contributed by atoms with E-state index in [9.17, 15) is 0 Å². The Morgan fingerprint density at radius 2 is 0.500 bits per heavy atom. The van der Waals surface area contributed by atoms with Crippen LogP contribution in [0.25, 0.3) is 0 Å². The summed E-state index contributed by atoms with van der Waals surface area (Å²) in [5.41, 5.74) is 14.1. The molecule has 0 radical (unpaired) electrons. The number of anilines is 6. The first-order valence-electron chi connectivity index (χ1n) is 18.2. The fourth-order valence-corrected chi connectivity index (χ4v) is 7.08. The predicted molar refractivity (Wildman–Crippen MR) is 226 cm³/mol. The first-order valence-corrected chi connectivity index (χ1v) is 18.2. The Morgan fingerprint density at radius 3 is 0.815 bits per heavy atom. The van der Waals surface area contributed by atoms with Crippen molar-refractivity contribution in [3.05, 3.63) is 241 Å². The van der Waals surface area contributed by atoms with Crippen molar-refractivity contribution in [1.82, 2.24) is 0 Å². The highest BCUT2D eigenvalue weighted by molar-refractivity contribution is 6.22. The Bertz CT molecular complexity index is 2300. The maximum atomic E-state index is 5.42. The highest BCUT2D eigenvalue weighted by Gasteiger charge is 2.21. The van der Waals surface area contributed by atoms with E-state index in [1.807, 2.05) is 36.4 Å². The molecule has 0 saturated carbocycles. The van der Waals surface area contributed by atoms with Crippen LogP contribution < -0.4 is 9.80 Å². The van der Waals surface area contributed by atoms with Crippen LogP contribution in [0.5, 0.6) is 0 Å². The molecule has 1 aliphatic heterocycles. The molecule has 1 heterocycles. The van der Waals surface area contributed by atoms with E-state index in [0.29, 0.717) is 0 Å². The quantitative estimate of drug-likeness (QED) is 0.159. The lowest BCUT2D eigenvalue weighted by Crippen LogP contribution is -2.12. The van der Waals surface area contributed by atoms with Gasteiger partial charge in [-0.3, -0.25) is 0 Å². The summed E-state index contributed by atoms with van der Waals surface area (Å²) in [6.07, 6.45) is 0. The highest BCUT2D eigenvalue weighted by Crippen LogP contribution is 2.38. The normalized spacial score (nSPS) is 11.9. The number of hydrogen-bond acceptors (Lipinski definition) is 4. The average Bonchev–Trinajstić information content (AvgIpc) is 3.24. The Hall–Kier alpha value is -7.30. The molecule has 0 aromatic heterocycles. The Labute approximate surface area is 316 Å². The second-order valence-electron chi connectivity index (χ2n) is 13.1. The van der Waals surface area contributed by atoms with Gasteiger partial charge in [-0.25, -0.2) is 9.98 Å². The molecule has 0 aliphatic carbocycles. The van der Waals surface area contributed by atoms with E-state index in [1.54, 1.807) is 0 Å². The van der Waals surface area contributed by atoms with Gasteiger partial charge >= 0.3 is 0 Å². The summed E-state index contributed by atoms with van der Waals surface area (Å²) in [4.78, 5) is 15.4. The van der Waals surface area contributed by atoms with E-state index >= 15 is 0 Å². The molecule has 8 aromatic carbocycles. The Kier molecular flexibility index (Phi) is 8.90. The van der Waals surface area contributed by atoms with Crippen LogP contribution in [-0.4, -0.2) is 11.4 Å². The summed E-state index contributed by atoms with van der Waals surface area (Å²) in [7, 11) is 0. The number of benzene rings is 8. The molecule has 4 heteroatoms. The maximum absolute atomic E-state index is 5.42. The largest absolute Gasteiger partial charge is 0.311 e. The van der Waals surface area contributed by atoms with Crippen molar-refractivity contribution >= 4 is 56.9 Å². The van der Waals surface area contributed by atoms with Gasteiger partial charge in [-0.05, 0) is 84.9 Å². The number of para-hydroxylation sites is 6. The number of hydrogen-bond donors (Lipinski definition) is 0. The molecule has 54 heavy (non-hydrogen) atoms. The molecule has 8 aromatic rings. The van der Waals surface area contributed by atoms with Crippen LogP contribution in [0, 0.1) is 0 Å². The van der Waals surface area contributed by atoms with Gasteiger partial charge in [-0.15, -0.1) is 0 Å². The zero-order valence-corrected chi connectivity index (χ0v) is 29.6. The monoisotopic (exact) mass is 692 g/mol. The summed E-state index contributed by atoms with van der Waals surface area (Å²) in [5, 5.41) is 0. The summed E-state index contributed by atoms with van der Waals surface area (Å²) >= 11 is 0. The van der Waals surface area contributed by atoms with Crippen LogP contribution in [-0.2, 0) is 0 Å². The first kappa shape index (κ1) is 32.6. The van der Waals surface area contributed by atoms with E-state index in [1.165, 1.54) is 0 Å². The first-order chi connectivity index (χ1) is 26.8. The molecule has 256 valence electrons. The molecule has 0 atom stereocenters. The summed E-state index contributed by atoms with van der Waals surface area (Å²) in [6.45, 7) is 0. The third kappa shape index (κ3) is 6.49. The van der Waals surface area contributed by atoms with E-state index in [2.05, 4.69) is 192 Å². The van der Waals surface area contributed by atoms with Gasteiger partial charge < -0.3 is 9.80 Å². The molecule has 0 unspecified atom stereocenters. The van der Waals surface area contributed by atoms with Gasteiger partial charge in [0.05, 0.1) is 22.8 Å². The third-order valence-electron chi connectivity index (χ3n) is 9.64. The van der Waals surface area contributed by atoms with Crippen LogP contribution in [0.1, 0.15) is 22.3 Å². The molecule has 0 bridgehead atoms. The molecule has 4 nitrogen and oxygen atoms in total. The van der Waals surface area contributed by atoms with E-state index < -0.39 is 0 Å². The smallest absolute Gasteiger partial charge is 0.0803 e. The molecule has 0 saturated heterocycles. The minimum absolute atomic E-state index is 0.874. The SMILES string of the molecule is c1ccc(N(c2ccccc2)c2ccc(C3=Nc4ccccc4C(c4ccc(N(c5ccccc5)c5ccccc5)cc4)=Nc4ccccc43)cc2)cc1. The fourth-order valence-electron chi connectivity index (χ4n) is 7.08. The molecular formula is C50H36N4. The van der Waals surface area contributed by atoms with Crippen LogP contribution >= 0.6 is 0 Å². The lowest BCUT2D eigenvalue weighted by molar-refractivity contribution is 1.28. The van der Waals surface area contributed by atoms with Crippen molar-refractivity contribution in [2.24, 2.45) is 9.98 Å². The van der Waals surface area contributed by atoms with Crippen molar-refractivity contribution < 1.29 is 0 Å². The zero-order valence-electron chi connectivity index (χ0n) is 29.6. The van der Waals surface area contributed by atoms with Gasteiger partial charge in [0, 0.05) is 56.4 Å². The maximum Gasteiger partial charge on any atom is 0.0803 e. The number of rotatable bonds is 8. The van der Waals surface area contributed by atoms with Gasteiger partial charge in [0.1, 0.15) is 0 Å². The number of fused-ring (bicyclic) bond motifs is 2. The Balaban J connectivity index is 1.11. The van der Waals surface area contributed by atoms with Gasteiger partial charge in [0.25, 0.3) is 0 Å². The van der Waals surface area contributed by atoms with Crippen LogP contribution in [0.4, 0.5) is 45.5 Å². The van der Waals surface area contributed by atoms with Crippen molar-refractivity contribution in [3.63, 3.8) is 0 Å². The summed E-state index contributed by atoms with van der Waals surface area (Å²) < 4.78 is 0. The van der Waals surface area contributed by atoms with E-state index in [4.69, 9.17) is 9.98 Å². The molecule has 0 spiro atoms. The molecule has 1 aliphatic rings. The topological polar surface area (TPSA) is 31.2 Å². The lowest BCUT2D eigenvalue weighted by Gasteiger charge is -2.26. The molecule has 0 N–H and O–H groups in total. The second-order valence-corrected chi connectivity index (χ2v) is 13.1. The van der Waals surface area contributed by atoms with E-state index in [-0.39, 0.29) is 0 Å². The van der Waals surface area contributed by atoms with Crippen LogP contribution in [0.2, 0.25) is 0 Å². The zero-order chi connectivity index (χ0) is 36.1. The van der Waals surface area contributed by atoms with Gasteiger partial charge in [-0.1, -0.05) is 133 Å². The van der Waals surface area contributed by atoms with E-state index in [0.717, 1.165) is 79.2 Å². The standard InChI is InChI=1S/C50H36N4/c1-5-17-39(18-6-1)53(40-19-7-2-8-20-40)43-33-29-37(30-34-43)49-45-25-13-15-27-47(45)52-50(46-26-14-16-28-48(46)51-49)38-31-35-44(36-32-38)54(41-21-9-3-10-22-41)42-23-11-4-12-24-42/h1-36H. The molecular weight excluding hydrogens is 657 g/mol. The highest BCUT2D eigenvalue weighted by atomic mass is 15.1. The molecule has 0 amide bonds. The van der Waals surface area contributed by atoms with Gasteiger partial charge in [0.2, 0.25) is 0 Å². The van der Waals surface area contributed by atoms with Gasteiger partial charge in [-0.2, -0.15) is 0 Å². The average molecular weight is 693 g/mol.